The summed E-state index contributed by atoms with van der Waals surface area (Å²) in [4.78, 5) is 17.9. The smallest absolute Gasteiger partial charge is 0.233 e. The molecule has 0 spiro atoms. The Kier molecular flexibility index (Phi) is 4.71. The highest BCUT2D eigenvalue weighted by Gasteiger charge is 2.25. The van der Waals surface area contributed by atoms with E-state index in [0.29, 0.717) is 31.9 Å². The minimum atomic E-state index is -3.15. The fourth-order valence-corrected chi connectivity index (χ4v) is 3.64. The number of amides is 1. The molecule has 1 aromatic rings. The van der Waals surface area contributed by atoms with E-state index in [2.05, 4.69) is 4.98 Å². The number of rotatable bonds is 4. The molecule has 0 aromatic carbocycles. The van der Waals surface area contributed by atoms with Gasteiger partial charge < -0.3 is 9.47 Å². The molecule has 7 nitrogen and oxygen atoms in total. The lowest BCUT2D eigenvalue weighted by atomic mass is 10.3. The molecule has 1 amide bonds. The maximum Gasteiger partial charge on any atom is 0.233 e. The normalized spacial score (nSPS) is 17.4. The summed E-state index contributed by atoms with van der Waals surface area (Å²) >= 11 is 1.39. The lowest BCUT2D eigenvalue weighted by molar-refractivity contribution is -0.129. The average Bonchev–Trinajstić information content (AvgIpc) is 2.81. The number of thioether (sulfide) groups is 1. The maximum absolute atomic E-state index is 12.1. The summed E-state index contributed by atoms with van der Waals surface area (Å²) in [6.07, 6.45) is 4.72. The van der Waals surface area contributed by atoms with Crippen LogP contribution in [-0.4, -0.2) is 71.3 Å². The molecule has 0 bridgehead atoms. The van der Waals surface area contributed by atoms with Crippen molar-refractivity contribution < 1.29 is 13.2 Å². The quantitative estimate of drug-likeness (QED) is 0.707. The average molecular weight is 318 g/mol. The van der Waals surface area contributed by atoms with Gasteiger partial charge in [0, 0.05) is 45.6 Å². The lowest BCUT2D eigenvalue weighted by Gasteiger charge is -2.33. The first-order valence-electron chi connectivity index (χ1n) is 6.21. The molecule has 0 unspecified atom stereocenters. The van der Waals surface area contributed by atoms with Crippen molar-refractivity contribution in [3.63, 3.8) is 0 Å². The van der Waals surface area contributed by atoms with Crippen LogP contribution in [0.25, 0.3) is 0 Å². The van der Waals surface area contributed by atoms with E-state index in [1.165, 1.54) is 22.3 Å². The van der Waals surface area contributed by atoms with E-state index in [1.54, 1.807) is 11.1 Å². The van der Waals surface area contributed by atoms with Gasteiger partial charge in [0.2, 0.25) is 15.9 Å². The van der Waals surface area contributed by atoms with Gasteiger partial charge >= 0.3 is 0 Å². The number of carbonyl (C=O) groups is 1. The summed E-state index contributed by atoms with van der Waals surface area (Å²) in [5, 5.41) is 0.799. The Balaban J connectivity index is 1.82. The summed E-state index contributed by atoms with van der Waals surface area (Å²) in [5.74, 6) is 0.343. The van der Waals surface area contributed by atoms with Crippen molar-refractivity contribution in [1.29, 1.82) is 0 Å². The van der Waals surface area contributed by atoms with Gasteiger partial charge in [-0.25, -0.2) is 13.4 Å². The Morgan fingerprint density at radius 3 is 2.50 bits per heavy atom. The van der Waals surface area contributed by atoms with Crippen LogP contribution >= 0.6 is 11.8 Å². The zero-order valence-corrected chi connectivity index (χ0v) is 13.2. The molecular weight excluding hydrogens is 300 g/mol. The van der Waals surface area contributed by atoms with Gasteiger partial charge in [-0.1, -0.05) is 11.8 Å². The summed E-state index contributed by atoms with van der Waals surface area (Å²) in [7, 11) is -1.27. The number of carbonyl (C=O) groups excluding carboxylic acids is 1. The molecule has 0 aliphatic carbocycles. The molecule has 0 atom stereocenters. The van der Waals surface area contributed by atoms with E-state index in [0.717, 1.165) is 5.16 Å². The molecule has 0 radical (unpaired) electrons. The van der Waals surface area contributed by atoms with Crippen LogP contribution < -0.4 is 0 Å². The third kappa shape index (κ3) is 3.74. The SMILES string of the molecule is Cn1ccnc1SCC(=O)N1CCN(S(C)(=O)=O)CC1. The van der Waals surface area contributed by atoms with Crippen molar-refractivity contribution >= 4 is 27.7 Å². The first kappa shape index (κ1) is 15.3. The number of aryl methyl sites for hydroxylation is 1. The standard InChI is InChI=1S/C11H18N4O3S2/c1-13-4-3-12-11(13)19-9-10(16)14-5-7-15(8-6-14)20(2,17)18/h3-4H,5-9H2,1-2H3. The third-order valence-electron chi connectivity index (χ3n) is 3.16. The molecule has 1 aliphatic rings. The highest BCUT2D eigenvalue weighted by Crippen LogP contribution is 2.16. The van der Waals surface area contributed by atoms with Gasteiger partial charge in [0.25, 0.3) is 0 Å². The van der Waals surface area contributed by atoms with Gasteiger partial charge in [0.15, 0.2) is 5.16 Å². The summed E-state index contributed by atoms with van der Waals surface area (Å²) in [6, 6.07) is 0. The van der Waals surface area contributed by atoms with E-state index < -0.39 is 10.0 Å². The van der Waals surface area contributed by atoms with Crippen molar-refractivity contribution in [3.05, 3.63) is 12.4 Å². The zero-order chi connectivity index (χ0) is 14.8. The Morgan fingerprint density at radius 2 is 2.00 bits per heavy atom. The second kappa shape index (κ2) is 6.15. The number of hydrogen-bond donors (Lipinski definition) is 0. The molecular formula is C11H18N4O3S2. The molecule has 1 aliphatic heterocycles. The Morgan fingerprint density at radius 1 is 1.35 bits per heavy atom. The predicted molar refractivity (Wildman–Crippen MR) is 76.9 cm³/mol. The first-order valence-corrected chi connectivity index (χ1v) is 9.04. The Hall–Kier alpha value is -1.06. The number of piperazine rings is 1. The van der Waals surface area contributed by atoms with E-state index in [9.17, 15) is 13.2 Å². The van der Waals surface area contributed by atoms with E-state index in [4.69, 9.17) is 0 Å². The molecule has 2 rings (SSSR count). The molecule has 0 saturated carbocycles. The number of imidazole rings is 1. The Bertz CT molecular complexity index is 576. The second-order valence-corrected chi connectivity index (χ2v) is 7.58. The van der Waals surface area contributed by atoms with Gasteiger partial charge in [-0.3, -0.25) is 4.79 Å². The maximum atomic E-state index is 12.1. The molecule has 2 heterocycles. The van der Waals surface area contributed by atoms with Crippen LogP contribution in [0.4, 0.5) is 0 Å². The number of aromatic nitrogens is 2. The predicted octanol–water partition coefficient (Wildman–Crippen LogP) is -0.384. The minimum Gasteiger partial charge on any atom is -0.339 e. The lowest BCUT2D eigenvalue weighted by Crippen LogP contribution is -2.50. The van der Waals surface area contributed by atoms with Crippen molar-refractivity contribution in [2.45, 2.75) is 5.16 Å². The van der Waals surface area contributed by atoms with Crippen LogP contribution in [0, 0.1) is 0 Å². The molecule has 20 heavy (non-hydrogen) atoms. The molecule has 9 heteroatoms. The number of sulfonamides is 1. The fourth-order valence-electron chi connectivity index (χ4n) is 1.98. The largest absolute Gasteiger partial charge is 0.339 e. The molecule has 112 valence electrons. The highest BCUT2D eigenvalue weighted by molar-refractivity contribution is 7.99. The third-order valence-corrected chi connectivity index (χ3v) is 5.51. The number of hydrogen-bond acceptors (Lipinski definition) is 5. The minimum absolute atomic E-state index is 0.0196. The number of nitrogens with zero attached hydrogens (tertiary/aromatic N) is 4. The van der Waals surface area contributed by atoms with Crippen LogP contribution in [0.1, 0.15) is 0 Å². The van der Waals surface area contributed by atoms with Crippen LogP contribution in [0.2, 0.25) is 0 Å². The van der Waals surface area contributed by atoms with E-state index in [1.807, 2.05) is 17.8 Å². The van der Waals surface area contributed by atoms with Crippen molar-refractivity contribution in [1.82, 2.24) is 18.8 Å². The van der Waals surface area contributed by atoms with Crippen LogP contribution in [-0.2, 0) is 21.9 Å². The monoisotopic (exact) mass is 318 g/mol. The molecule has 0 N–H and O–H groups in total. The van der Waals surface area contributed by atoms with Crippen LogP contribution in [0.5, 0.6) is 0 Å². The van der Waals surface area contributed by atoms with Crippen LogP contribution in [0.3, 0.4) is 0 Å². The van der Waals surface area contributed by atoms with E-state index in [-0.39, 0.29) is 5.91 Å². The van der Waals surface area contributed by atoms with Crippen molar-refractivity contribution in [3.8, 4) is 0 Å². The first-order chi connectivity index (χ1) is 9.38. The summed E-state index contributed by atoms with van der Waals surface area (Å²) < 4.78 is 26.0. The summed E-state index contributed by atoms with van der Waals surface area (Å²) in [5.41, 5.74) is 0. The van der Waals surface area contributed by atoms with Crippen molar-refractivity contribution in [2.75, 3.05) is 38.2 Å². The highest BCUT2D eigenvalue weighted by atomic mass is 32.2. The molecule has 1 fully saturated rings. The van der Waals surface area contributed by atoms with Crippen molar-refractivity contribution in [2.24, 2.45) is 7.05 Å². The van der Waals surface area contributed by atoms with E-state index >= 15 is 0 Å². The van der Waals surface area contributed by atoms with Gasteiger partial charge in [-0.15, -0.1) is 0 Å². The molecule has 1 aromatic heterocycles. The summed E-state index contributed by atoms with van der Waals surface area (Å²) in [6.45, 7) is 1.65. The fraction of sp³-hybridized carbons (Fsp3) is 0.636. The van der Waals surface area contributed by atoms with Gasteiger partial charge in [0.1, 0.15) is 0 Å². The molecule has 1 saturated heterocycles. The van der Waals surface area contributed by atoms with Crippen LogP contribution in [0.15, 0.2) is 17.6 Å². The van der Waals surface area contributed by atoms with Gasteiger partial charge in [0.05, 0.1) is 12.0 Å². The second-order valence-electron chi connectivity index (χ2n) is 4.65. The zero-order valence-electron chi connectivity index (χ0n) is 11.5. The topological polar surface area (TPSA) is 75.5 Å². The van der Waals surface area contributed by atoms with Gasteiger partial charge in [-0.2, -0.15) is 4.31 Å². The van der Waals surface area contributed by atoms with Gasteiger partial charge in [-0.05, 0) is 0 Å². The Labute approximate surface area is 123 Å².